The van der Waals surface area contributed by atoms with E-state index in [1.165, 1.54) is 0 Å². The Balaban J connectivity index is 4.16. The van der Waals surface area contributed by atoms with Gasteiger partial charge in [-0.15, -0.1) is 0 Å². The fraction of sp³-hybridized carbons (Fsp3) is 0.800. The Hall–Kier alpha value is -1.10. The SMILES string of the molecule is CC(C)C[C@@H](NC(=O)CN(C)C)C(=O)O. The van der Waals surface area contributed by atoms with Gasteiger partial charge in [0.25, 0.3) is 0 Å². The van der Waals surface area contributed by atoms with Crippen LogP contribution in [0, 0.1) is 5.92 Å². The molecule has 0 radical (unpaired) electrons. The van der Waals surface area contributed by atoms with E-state index in [0.717, 1.165) is 0 Å². The summed E-state index contributed by atoms with van der Waals surface area (Å²) in [6.45, 7) is 4.06. The summed E-state index contributed by atoms with van der Waals surface area (Å²) in [4.78, 5) is 23.9. The molecular formula is C10H20N2O3. The van der Waals surface area contributed by atoms with Crippen molar-refractivity contribution in [2.45, 2.75) is 26.3 Å². The van der Waals surface area contributed by atoms with E-state index in [1.54, 1.807) is 19.0 Å². The minimum Gasteiger partial charge on any atom is -0.480 e. The molecule has 0 aliphatic carbocycles. The first kappa shape index (κ1) is 13.9. The van der Waals surface area contributed by atoms with E-state index in [1.807, 2.05) is 13.8 Å². The average molecular weight is 216 g/mol. The zero-order valence-electron chi connectivity index (χ0n) is 9.78. The lowest BCUT2D eigenvalue weighted by atomic mass is 10.0. The van der Waals surface area contributed by atoms with E-state index in [2.05, 4.69) is 5.32 Å². The van der Waals surface area contributed by atoms with Crippen molar-refractivity contribution in [2.24, 2.45) is 5.92 Å². The second kappa shape index (κ2) is 6.40. The molecule has 0 heterocycles. The van der Waals surface area contributed by atoms with E-state index >= 15 is 0 Å². The molecule has 1 atom stereocenters. The van der Waals surface area contributed by atoms with Gasteiger partial charge in [-0.25, -0.2) is 4.79 Å². The fourth-order valence-electron chi connectivity index (χ4n) is 1.22. The van der Waals surface area contributed by atoms with E-state index in [0.29, 0.717) is 6.42 Å². The van der Waals surface area contributed by atoms with Gasteiger partial charge in [0.15, 0.2) is 0 Å². The molecule has 15 heavy (non-hydrogen) atoms. The highest BCUT2D eigenvalue weighted by molar-refractivity contribution is 5.84. The molecule has 0 aromatic carbocycles. The summed E-state index contributed by atoms with van der Waals surface area (Å²) in [6.07, 6.45) is 0.453. The number of nitrogens with one attached hydrogen (secondary N) is 1. The Labute approximate surface area is 90.5 Å². The van der Waals surface area contributed by atoms with Crippen LogP contribution in [0.3, 0.4) is 0 Å². The molecule has 1 amide bonds. The molecule has 0 rings (SSSR count). The number of carbonyl (C=O) groups excluding carboxylic acids is 1. The quantitative estimate of drug-likeness (QED) is 0.663. The smallest absolute Gasteiger partial charge is 0.326 e. The van der Waals surface area contributed by atoms with Crippen molar-refractivity contribution in [3.05, 3.63) is 0 Å². The minimum atomic E-state index is -0.976. The van der Waals surface area contributed by atoms with Crippen LogP contribution in [0.15, 0.2) is 0 Å². The van der Waals surface area contributed by atoms with E-state index < -0.39 is 12.0 Å². The number of aliphatic carboxylic acids is 1. The topological polar surface area (TPSA) is 69.6 Å². The maximum Gasteiger partial charge on any atom is 0.326 e. The molecule has 5 heteroatoms. The Bertz CT molecular complexity index is 227. The molecule has 5 nitrogen and oxygen atoms in total. The normalized spacial score (nSPS) is 12.9. The third-order valence-corrected chi connectivity index (χ3v) is 1.80. The highest BCUT2D eigenvalue weighted by atomic mass is 16.4. The molecule has 0 unspecified atom stereocenters. The van der Waals surface area contributed by atoms with Gasteiger partial charge in [-0.1, -0.05) is 13.8 Å². The van der Waals surface area contributed by atoms with Crippen molar-refractivity contribution < 1.29 is 14.7 Å². The lowest BCUT2D eigenvalue weighted by molar-refractivity contribution is -0.142. The number of carboxylic acids is 1. The van der Waals surface area contributed by atoms with Crippen LogP contribution in [0.4, 0.5) is 0 Å². The summed E-state index contributed by atoms with van der Waals surface area (Å²) < 4.78 is 0. The standard InChI is InChI=1S/C10H20N2O3/c1-7(2)5-8(10(14)15)11-9(13)6-12(3)4/h7-8H,5-6H2,1-4H3,(H,11,13)(H,14,15)/t8-/m1/s1. The maximum absolute atomic E-state index is 11.3. The van der Waals surface area contributed by atoms with Crippen LogP contribution in [0.1, 0.15) is 20.3 Å². The molecule has 2 N–H and O–H groups in total. The van der Waals surface area contributed by atoms with Gasteiger partial charge in [-0.2, -0.15) is 0 Å². The average Bonchev–Trinajstić information content (AvgIpc) is 1.99. The fourth-order valence-corrected chi connectivity index (χ4v) is 1.22. The van der Waals surface area contributed by atoms with Crippen LogP contribution < -0.4 is 5.32 Å². The predicted molar refractivity (Wildman–Crippen MR) is 57.6 cm³/mol. The Kier molecular flexibility index (Phi) is 5.93. The van der Waals surface area contributed by atoms with Gasteiger partial charge in [-0.05, 0) is 26.4 Å². The number of hydrogen-bond donors (Lipinski definition) is 2. The van der Waals surface area contributed by atoms with Gasteiger partial charge in [0, 0.05) is 0 Å². The molecule has 0 saturated carbocycles. The maximum atomic E-state index is 11.3. The number of rotatable bonds is 6. The lowest BCUT2D eigenvalue weighted by Crippen LogP contribution is -2.44. The number of amides is 1. The van der Waals surface area contributed by atoms with Crippen molar-refractivity contribution in [3.63, 3.8) is 0 Å². The lowest BCUT2D eigenvalue weighted by Gasteiger charge is -2.17. The molecule has 88 valence electrons. The van der Waals surface area contributed by atoms with Crippen molar-refractivity contribution >= 4 is 11.9 Å². The van der Waals surface area contributed by atoms with Crippen LogP contribution in [-0.4, -0.2) is 48.6 Å². The summed E-state index contributed by atoms with van der Waals surface area (Å²) in [7, 11) is 3.52. The Morgan fingerprint density at radius 1 is 1.33 bits per heavy atom. The number of likely N-dealkylation sites (N-methyl/N-ethyl adjacent to an activating group) is 1. The second-order valence-corrected chi connectivity index (χ2v) is 4.33. The highest BCUT2D eigenvalue weighted by Gasteiger charge is 2.20. The molecule has 0 aromatic rings. The first-order valence-corrected chi connectivity index (χ1v) is 4.99. The monoisotopic (exact) mass is 216 g/mol. The second-order valence-electron chi connectivity index (χ2n) is 4.33. The van der Waals surface area contributed by atoms with Crippen molar-refractivity contribution in [1.82, 2.24) is 10.2 Å². The summed E-state index contributed by atoms with van der Waals surface area (Å²) in [5.41, 5.74) is 0. The van der Waals surface area contributed by atoms with Gasteiger partial charge < -0.3 is 15.3 Å². The van der Waals surface area contributed by atoms with Crippen molar-refractivity contribution in [3.8, 4) is 0 Å². The van der Waals surface area contributed by atoms with Crippen molar-refractivity contribution in [1.29, 1.82) is 0 Å². The molecule has 0 aliphatic rings. The zero-order valence-corrected chi connectivity index (χ0v) is 9.78. The van der Waals surface area contributed by atoms with Crippen LogP contribution in [0.25, 0.3) is 0 Å². The number of carboxylic acid groups (broad SMARTS) is 1. The van der Waals surface area contributed by atoms with Gasteiger partial charge in [0.05, 0.1) is 6.54 Å². The first-order valence-electron chi connectivity index (χ1n) is 4.99. The predicted octanol–water partition coefficient (Wildman–Crippen LogP) is 0.164. The van der Waals surface area contributed by atoms with Crippen LogP contribution in [-0.2, 0) is 9.59 Å². The first-order chi connectivity index (χ1) is 6.82. The molecular weight excluding hydrogens is 196 g/mol. The van der Waals surface area contributed by atoms with E-state index in [9.17, 15) is 9.59 Å². The van der Waals surface area contributed by atoms with E-state index in [-0.39, 0.29) is 18.4 Å². The van der Waals surface area contributed by atoms with Crippen LogP contribution >= 0.6 is 0 Å². The summed E-state index contributed by atoms with van der Waals surface area (Å²) in [5, 5.41) is 11.4. The van der Waals surface area contributed by atoms with Gasteiger partial charge in [-0.3, -0.25) is 4.79 Å². The van der Waals surface area contributed by atoms with Crippen LogP contribution in [0.5, 0.6) is 0 Å². The Morgan fingerprint density at radius 2 is 1.87 bits per heavy atom. The summed E-state index contributed by atoms with van der Waals surface area (Å²) in [5.74, 6) is -0.991. The molecule has 0 aromatic heterocycles. The largest absolute Gasteiger partial charge is 0.480 e. The number of hydrogen-bond acceptors (Lipinski definition) is 3. The van der Waals surface area contributed by atoms with Gasteiger partial charge >= 0.3 is 5.97 Å². The van der Waals surface area contributed by atoms with Gasteiger partial charge in [0.2, 0.25) is 5.91 Å². The third-order valence-electron chi connectivity index (χ3n) is 1.80. The van der Waals surface area contributed by atoms with Crippen molar-refractivity contribution in [2.75, 3.05) is 20.6 Å². The summed E-state index contributed by atoms with van der Waals surface area (Å²) in [6, 6.07) is -0.780. The number of nitrogens with zero attached hydrogens (tertiary/aromatic N) is 1. The van der Waals surface area contributed by atoms with E-state index in [4.69, 9.17) is 5.11 Å². The van der Waals surface area contributed by atoms with Crippen LogP contribution in [0.2, 0.25) is 0 Å². The highest BCUT2D eigenvalue weighted by Crippen LogP contribution is 2.04. The molecule has 0 aliphatic heterocycles. The molecule has 0 saturated heterocycles. The Morgan fingerprint density at radius 3 is 2.20 bits per heavy atom. The molecule has 0 fully saturated rings. The summed E-state index contributed by atoms with van der Waals surface area (Å²) >= 11 is 0. The van der Waals surface area contributed by atoms with Gasteiger partial charge in [0.1, 0.15) is 6.04 Å². The molecule has 0 spiro atoms. The zero-order chi connectivity index (χ0) is 12.0. The number of carbonyl (C=O) groups is 2. The minimum absolute atomic E-state index is 0.210. The third kappa shape index (κ3) is 6.90. The molecule has 0 bridgehead atoms.